The number of benzene rings is 1. The molecule has 0 unspecified atom stereocenters. The van der Waals surface area contributed by atoms with E-state index in [2.05, 4.69) is 31.2 Å². The Morgan fingerprint density at radius 1 is 1.33 bits per heavy atom. The second kappa shape index (κ2) is 6.11. The molecule has 0 bridgehead atoms. The molecule has 0 aliphatic heterocycles. The van der Waals surface area contributed by atoms with Gasteiger partial charge in [-0.25, -0.2) is 9.37 Å². The van der Waals surface area contributed by atoms with Crippen LogP contribution in [0, 0.1) is 5.82 Å². The molecule has 0 fully saturated rings. The van der Waals surface area contributed by atoms with Crippen molar-refractivity contribution in [3.05, 3.63) is 51.6 Å². The van der Waals surface area contributed by atoms with E-state index >= 15 is 0 Å². The zero-order chi connectivity index (χ0) is 13.0. The maximum absolute atomic E-state index is 13.4. The maximum atomic E-state index is 13.4. The molecule has 1 heterocycles. The predicted octanol–water partition coefficient (Wildman–Crippen LogP) is 3.69. The molecule has 0 aliphatic carbocycles. The smallest absolute Gasteiger partial charge is 0.224 e. The maximum Gasteiger partial charge on any atom is 0.224 e. The molecule has 2 aromatic rings. The van der Waals surface area contributed by atoms with Crippen molar-refractivity contribution in [3.8, 4) is 0 Å². The fourth-order valence-electron chi connectivity index (χ4n) is 1.49. The Kier molecular flexibility index (Phi) is 4.49. The van der Waals surface area contributed by atoms with Gasteiger partial charge >= 0.3 is 0 Å². The van der Waals surface area contributed by atoms with Crippen molar-refractivity contribution < 1.29 is 4.39 Å². The SMILES string of the molecule is Fc1ccccc1CCNc1nc(Cl)ncc1Br. The summed E-state index contributed by atoms with van der Waals surface area (Å²) in [4.78, 5) is 7.86. The largest absolute Gasteiger partial charge is 0.369 e. The minimum Gasteiger partial charge on any atom is -0.369 e. The van der Waals surface area contributed by atoms with Gasteiger partial charge in [-0.1, -0.05) is 18.2 Å². The normalized spacial score (nSPS) is 10.4. The summed E-state index contributed by atoms with van der Waals surface area (Å²) >= 11 is 9.01. The number of rotatable bonds is 4. The zero-order valence-corrected chi connectivity index (χ0v) is 11.7. The number of anilines is 1. The lowest BCUT2D eigenvalue weighted by molar-refractivity contribution is 0.610. The van der Waals surface area contributed by atoms with E-state index in [-0.39, 0.29) is 11.1 Å². The first-order chi connectivity index (χ1) is 8.66. The summed E-state index contributed by atoms with van der Waals surface area (Å²) in [6.45, 7) is 0.562. The van der Waals surface area contributed by atoms with Crippen LogP contribution in [0.4, 0.5) is 10.2 Å². The Hall–Kier alpha value is -1.20. The molecule has 3 nitrogen and oxygen atoms in total. The summed E-state index contributed by atoms with van der Waals surface area (Å²) in [6.07, 6.45) is 2.14. The number of aromatic nitrogens is 2. The van der Waals surface area contributed by atoms with Crippen LogP contribution >= 0.6 is 27.5 Å². The van der Waals surface area contributed by atoms with Gasteiger partial charge in [0.15, 0.2) is 0 Å². The van der Waals surface area contributed by atoms with Gasteiger partial charge in [0.25, 0.3) is 0 Å². The van der Waals surface area contributed by atoms with Crippen LogP contribution in [0.5, 0.6) is 0 Å². The third-order valence-electron chi connectivity index (χ3n) is 2.36. The summed E-state index contributed by atoms with van der Waals surface area (Å²) in [5.41, 5.74) is 0.668. The standard InChI is InChI=1S/C12H10BrClFN3/c13-9-7-17-12(14)18-11(9)16-6-5-8-3-1-2-4-10(8)15/h1-4,7H,5-6H2,(H,16,17,18). The van der Waals surface area contributed by atoms with E-state index in [1.807, 2.05) is 6.07 Å². The summed E-state index contributed by atoms with van der Waals surface area (Å²) < 4.78 is 14.1. The van der Waals surface area contributed by atoms with E-state index in [9.17, 15) is 4.39 Å². The first-order valence-corrected chi connectivity index (χ1v) is 6.49. The quantitative estimate of drug-likeness (QED) is 0.869. The molecule has 6 heteroatoms. The van der Waals surface area contributed by atoms with E-state index in [0.717, 1.165) is 4.47 Å². The molecular formula is C12H10BrClFN3. The van der Waals surface area contributed by atoms with Crippen molar-refractivity contribution in [1.29, 1.82) is 0 Å². The molecule has 1 N–H and O–H groups in total. The second-order valence-corrected chi connectivity index (χ2v) is 4.80. The van der Waals surface area contributed by atoms with Gasteiger partial charge in [0.2, 0.25) is 5.28 Å². The molecule has 0 radical (unpaired) electrons. The lowest BCUT2D eigenvalue weighted by Gasteiger charge is -2.07. The van der Waals surface area contributed by atoms with Gasteiger partial charge in [-0.2, -0.15) is 4.98 Å². The molecule has 0 saturated carbocycles. The molecule has 0 amide bonds. The number of nitrogens with zero attached hydrogens (tertiary/aromatic N) is 2. The van der Waals surface area contributed by atoms with Crippen molar-refractivity contribution >= 4 is 33.3 Å². The molecule has 0 atom stereocenters. The van der Waals surface area contributed by atoms with E-state index < -0.39 is 0 Å². The highest BCUT2D eigenvalue weighted by atomic mass is 79.9. The molecule has 0 spiro atoms. The molecule has 0 aliphatic rings. The van der Waals surface area contributed by atoms with Crippen LogP contribution < -0.4 is 5.32 Å². The fraction of sp³-hybridized carbons (Fsp3) is 0.167. The third-order valence-corrected chi connectivity index (χ3v) is 3.12. The van der Waals surface area contributed by atoms with Crippen LogP contribution in [0.3, 0.4) is 0 Å². The van der Waals surface area contributed by atoms with Gasteiger partial charge in [-0.15, -0.1) is 0 Å². The Balaban J connectivity index is 1.96. The van der Waals surface area contributed by atoms with Crippen LogP contribution in [0.2, 0.25) is 5.28 Å². The van der Waals surface area contributed by atoms with Gasteiger partial charge in [0.1, 0.15) is 11.6 Å². The van der Waals surface area contributed by atoms with Crippen LogP contribution in [0.15, 0.2) is 34.9 Å². The lowest BCUT2D eigenvalue weighted by atomic mass is 10.1. The number of hydrogen-bond acceptors (Lipinski definition) is 3. The highest BCUT2D eigenvalue weighted by Gasteiger charge is 2.04. The number of nitrogens with one attached hydrogen (secondary N) is 1. The van der Waals surface area contributed by atoms with Crippen LogP contribution in [0.1, 0.15) is 5.56 Å². The fourth-order valence-corrected chi connectivity index (χ4v) is 1.95. The van der Waals surface area contributed by atoms with Crippen molar-refractivity contribution in [2.45, 2.75) is 6.42 Å². The Morgan fingerprint density at radius 3 is 2.89 bits per heavy atom. The average molecular weight is 331 g/mol. The summed E-state index contributed by atoms with van der Waals surface area (Å²) in [7, 11) is 0. The Labute approximate surface area is 118 Å². The first kappa shape index (κ1) is 13.2. The van der Waals surface area contributed by atoms with Crippen molar-refractivity contribution in [3.63, 3.8) is 0 Å². The topological polar surface area (TPSA) is 37.8 Å². The molecule has 0 saturated heterocycles. The minimum atomic E-state index is -0.195. The van der Waals surface area contributed by atoms with E-state index in [0.29, 0.717) is 24.3 Å². The van der Waals surface area contributed by atoms with E-state index in [4.69, 9.17) is 11.6 Å². The van der Waals surface area contributed by atoms with Crippen LogP contribution in [-0.2, 0) is 6.42 Å². The highest BCUT2D eigenvalue weighted by molar-refractivity contribution is 9.10. The van der Waals surface area contributed by atoms with Gasteiger partial charge in [-0.3, -0.25) is 0 Å². The van der Waals surface area contributed by atoms with Crippen molar-refractivity contribution in [2.75, 3.05) is 11.9 Å². The Bertz CT molecular complexity index is 551. The predicted molar refractivity (Wildman–Crippen MR) is 73.3 cm³/mol. The van der Waals surface area contributed by atoms with Crippen molar-refractivity contribution in [2.24, 2.45) is 0 Å². The van der Waals surface area contributed by atoms with Gasteiger partial charge in [-0.05, 0) is 45.6 Å². The molecule has 1 aromatic heterocycles. The van der Waals surface area contributed by atoms with Gasteiger partial charge in [0, 0.05) is 12.7 Å². The monoisotopic (exact) mass is 329 g/mol. The molecule has 1 aromatic carbocycles. The van der Waals surface area contributed by atoms with Crippen molar-refractivity contribution in [1.82, 2.24) is 9.97 Å². The molecular weight excluding hydrogens is 321 g/mol. The average Bonchev–Trinajstić information content (AvgIpc) is 2.36. The summed E-state index contributed by atoms with van der Waals surface area (Å²) in [5, 5.41) is 3.25. The summed E-state index contributed by atoms with van der Waals surface area (Å²) in [5.74, 6) is 0.408. The molecule has 94 valence electrons. The van der Waals surface area contributed by atoms with Gasteiger partial charge < -0.3 is 5.32 Å². The number of halogens is 3. The molecule has 18 heavy (non-hydrogen) atoms. The number of hydrogen-bond donors (Lipinski definition) is 1. The Morgan fingerprint density at radius 2 is 2.11 bits per heavy atom. The van der Waals surface area contributed by atoms with E-state index in [1.165, 1.54) is 6.07 Å². The van der Waals surface area contributed by atoms with Crippen LogP contribution in [0.25, 0.3) is 0 Å². The molecule has 2 rings (SSSR count). The first-order valence-electron chi connectivity index (χ1n) is 5.32. The third kappa shape index (κ3) is 3.40. The minimum absolute atomic E-state index is 0.173. The lowest BCUT2D eigenvalue weighted by Crippen LogP contribution is -2.08. The van der Waals surface area contributed by atoms with Crippen LogP contribution in [-0.4, -0.2) is 16.5 Å². The van der Waals surface area contributed by atoms with E-state index in [1.54, 1.807) is 18.3 Å². The second-order valence-electron chi connectivity index (χ2n) is 3.60. The highest BCUT2D eigenvalue weighted by Crippen LogP contribution is 2.20. The zero-order valence-electron chi connectivity index (χ0n) is 9.33. The van der Waals surface area contributed by atoms with Gasteiger partial charge in [0.05, 0.1) is 4.47 Å². The summed E-state index contributed by atoms with van der Waals surface area (Å²) in [6, 6.07) is 6.70.